The number of hydrogen-bond acceptors (Lipinski definition) is 2. The van der Waals surface area contributed by atoms with Gasteiger partial charge in [-0.2, -0.15) is 0 Å². The number of fused-ring (bicyclic) bond motifs is 2. The van der Waals surface area contributed by atoms with Crippen LogP contribution in [0, 0.1) is 17.8 Å². The van der Waals surface area contributed by atoms with Gasteiger partial charge in [-0.3, -0.25) is 4.79 Å². The molecular weight excluding hydrogens is 262 g/mol. The van der Waals surface area contributed by atoms with E-state index in [0.717, 1.165) is 46.9 Å². The third-order valence-electron chi connectivity index (χ3n) is 4.90. The monoisotopic (exact) mass is 283 g/mol. The molecule has 1 N–H and O–H groups in total. The van der Waals surface area contributed by atoms with E-state index in [2.05, 4.69) is 4.98 Å². The molecule has 0 aliphatic heterocycles. The summed E-state index contributed by atoms with van der Waals surface area (Å²) in [4.78, 5) is 16.0. The van der Waals surface area contributed by atoms with Crippen LogP contribution >= 0.6 is 0 Å². The maximum atomic E-state index is 12.8. The number of aromatic amines is 1. The van der Waals surface area contributed by atoms with E-state index >= 15 is 0 Å². The van der Waals surface area contributed by atoms with Crippen LogP contribution in [0.2, 0.25) is 0 Å². The lowest BCUT2D eigenvalue weighted by atomic mass is 9.93. The fourth-order valence-corrected chi connectivity index (χ4v) is 3.80. The summed E-state index contributed by atoms with van der Waals surface area (Å²) in [5, 5.41) is 0.999. The largest absolute Gasteiger partial charge is 0.491 e. The van der Waals surface area contributed by atoms with Gasteiger partial charge in [0.2, 0.25) is 0 Å². The van der Waals surface area contributed by atoms with Crippen molar-refractivity contribution >= 4 is 16.7 Å². The Morgan fingerprint density at radius 2 is 2.00 bits per heavy atom. The topological polar surface area (TPSA) is 42.1 Å². The van der Waals surface area contributed by atoms with Crippen LogP contribution in [0.5, 0.6) is 5.75 Å². The van der Waals surface area contributed by atoms with Gasteiger partial charge in [0, 0.05) is 28.6 Å². The first kappa shape index (κ1) is 12.9. The summed E-state index contributed by atoms with van der Waals surface area (Å²) in [6.45, 7) is 4.02. The van der Waals surface area contributed by atoms with Gasteiger partial charge in [-0.15, -0.1) is 0 Å². The molecule has 3 heteroatoms. The number of rotatable bonds is 4. The molecule has 2 atom stereocenters. The number of Topliss-reactive ketones (excluding diaryl/α,β-unsaturated/α-hetero) is 1. The molecule has 1 heterocycles. The molecule has 0 spiro atoms. The summed E-state index contributed by atoms with van der Waals surface area (Å²) >= 11 is 0. The van der Waals surface area contributed by atoms with Crippen LogP contribution in [0.4, 0.5) is 0 Å². The van der Waals surface area contributed by atoms with Crippen LogP contribution < -0.4 is 4.74 Å². The van der Waals surface area contributed by atoms with Crippen LogP contribution in [-0.4, -0.2) is 16.9 Å². The van der Waals surface area contributed by atoms with Crippen LogP contribution in [0.15, 0.2) is 24.4 Å². The van der Waals surface area contributed by atoms with E-state index < -0.39 is 0 Å². The molecule has 1 aromatic carbocycles. The molecule has 21 heavy (non-hydrogen) atoms. The van der Waals surface area contributed by atoms with Crippen molar-refractivity contribution in [2.24, 2.45) is 17.8 Å². The first-order valence-corrected chi connectivity index (χ1v) is 7.94. The summed E-state index contributed by atoms with van der Waals surface area (Å²) in [5.74, 6) is 3.06. The molecule has 0 radical (unpaired) electrons. The number of ketones is 1. The Hall–Kier alpha value is -1.77. The van der Waals surface area contributed by atoms with Crippen molar-refractivity contribution in [3.8, 4) is 5.75 Å². The van der Waals surface area contributed by atoms with Gasteiger partial charge < -0.3 is 9.72 Å². The second-order valence-corrected chi connectivity index (χ2v) is 6.86. The predicted molar refractivity (Wildman–Crippen MR) is 82.7 cm³/mol. The van der Waals surface area contributed by atoms with Crippen molar-refractivity contribution < 1.29 is 9.53 Å². The molecule has 2 aromatic rings. The minimum atomic E-state index is 0.141. The van der Waals surface area contributed by atoms with Crippen molar-refractivity contribution in [3.05, 3.63) is 30.0 Å². The molecule has 1 aromatic heterocycles. The van der Waals surface area contributed by atoms with E-state index in [1.54, 1.807) is 0 Å². The van der Waals surface area contributed by atoms with E-state index in [-0.39, 0.29) is 12.0 Å². The first-order chi connectivity index (χ1) is 10.1. The molecule has 0 bridgehead atoms. The summed E-state index contributed by atoms with van der Waals surface area (Å²) in [5.41, 5.74) is 1.85. The van der Waals surface area contributed by atoms with Gasteiger partial charge in [-0.1, -0.05) is 0 Å². The van der Waals surface area contributed by atoms with E-state index in [1.807, 2.05) is 38.2 Å². The van der Waals surface area contributed by atoms with Crippen LogP contribution in [0.3, 0.4) is 0 Å². The first-order valence-electron chi connectivity index (χ1n) is 7.94. The lowest BCUT2D eigenvalue weighted by Gasteiger charge is -2.11. The number of aromatic nitrogens is 1. The molecule has 2 aliphatic carbocycles. The fraction of sp³-hybridized carbons (Fsp3) is 0.500. The highest BCUT2D eigenvalue weighted by molar-refractivity contribution is 6.09. The number of hydrogen-bond donors (Lipinski definition) is 1. The summed E-state index contributed by atoms with van der Waals surface area (Å²) < 4.78 is 5.75. The van der Waals surface area contributed by atoms with E-state index in [1.165, 1.54) is 6.42 Å². The minimum Gasteiger partial charge on any atom is -0.491 e. The van der Waals surface area contributed by atoms with Crippen molar-refractivity contribution in [2.45, 2.75) is 39.2 Å². The quantitative estimate of drug-likeness (QED) is 0.855. The molecule has 0 amide bonds. The van der Waals surface area contributed by atoms with Gasteiger partial charge in [-0.25, -0.2) is 0 Å². The van der Waals surface area contributed by atoms with Gasteiger partial charge in [0.1, 0.15) is 5.75 Å². The third-order valence-corrected chi connectivity index (χ3v) is 4.90. The van der Waals surface area contributed by atoms with Gasteiger partial charge in [0.15, 0.2) is 5.78 Å². The maximum absolute atomic E-state index is 12.8. The van der Waals surface area contributed by atoms with Crippen molar-refractivity contribution in [3.63, 3.8) is 0 Å². The van der Waals surface area contributed by atoms with Gasteiger partial charge >= 0.3 is 0 Å². The van der Waals surface area contributed by atoms with Crippen molar-refractivity contribution in [1.82, 2.24) is 4.98 Å². The number of nitrogens with one attached hydrogen (secondary N) is 1. The smallest absolute Gasteiger partial charge is 0.168 e. The second-order valence-electron chi connectivity index (χ2n) is 6.86. The number of carbonyl (C=O) groups is 1. The minimum absolute atomic E-state index is 0.141. The molecular formula is C18H21NO2. The number of carbonyl (C=O) groups excluding carboxylic acids is 1. The van der Waals surface area contributed by atoms with Crippen molar-refractivity contribution in [1.29, 1.82) is 0 Å². The van der Waals surface area contributed by atoms with Gasteiger partial charge in [0.25, 0.3) is 0 Å². The Kier molecular flexibility index (Phi) is 2.84. The summed E-state index contributed by atoms with van der Waals surface area (Å²) in [6, 6.07) is 5.95. The Bertz CT molecular complexity index is 690. The molecule has 2 saturated carbocycles. The third kappa shape index (κ3) is 2.25. The van der Waals surface area contributed by atoms with E-state index in [0.29, 0.717) is 5.78 Å². The maximum Gasteiger partial charge on any atom is 0.168 e. The van der Waals surface area contributed by atoms with E-state index in [4.69, 9.17) is 4.74 Å². The SMILES string of the molecule is CC(C)Oc1ccc2[nH]cc(C(=O)C3CC4CC4C3)c2c1. The number of benzene rings is 1. The molecule has 0 saturated heterocycles. The standard InChI is InChI=1S/C18H21NO2/c1-10(2)21-14-3-4-17-15(8-14)16(9-19-17)18(20)13-6-11-5-12(11)7-13/h3-4,8-13,19H,5-7H2,1-2H3. The lowest BCUT2D eigenvalue weighted by molar-refractivity contribution is 0.0916. The zero-order valence-corrected chi connectivity index (χ0v) is 12.6. The zero-order valence-electron chi connectivity index (χ0n) is 12.6. The average molecular weight is 283 g/mol. The molecule has 4 rings (SSSR count). The molecule has 2 aliphatic rings. The Balaban J connectivity index is 1.66. The van der Waals surface area contributed by atoms with Crippen LogP contribution in [0.1, 0.15) is 43.5 Å². The van der Waals surface area contributed by atoms with Gasteiger partial charge in [0.05, 0.1) is 6.10 Å². The molecule has 2 fully saturated rings. The lowest BCUT2D eigenvalue weighted by Crippen LogP contribution is -2.12. The zero-order chi connectivity index (χ0) is 14.6. The molecule has 3 nitrogen and oxygen atoms in total. The fourth-order valence-electron chi connectivity index (χ4n) is 3.80. The Labute approximate surface area is 124 Å². The highest BCUT2D eigenvalue weighted by Crippen LogP contribution is 2.55. The van der Waals surface area contributed by atoms with Crippen LogP contribution in [0.25, 0.3) is 10.9 Å². The summed E-state index contributed by atoms with van der Waals surface area (Å²) in [6.07, 6.45) is 5.55. The summed E-state index contributed by atoms with van der Waals surface area (Å²) in [7, 11) is 0. The normalized spacial score (nSPS) is 27.1. The van der Waals surface area contributed by atoms with Crippen LogP contribution in [-0.2, 0) is 0 Å². The second kappa shape index (κ2) is 4.62. The van der Waals surface area contributed by atoms with E-state index in [9.17, 15) is 4.79 Å². The number of H-pyrrole nitrogens is 1. The molecule has 110 valence electrons. The Morgan fingerprint density at radius 1 is 1.24 bits per heavy atom. The number of ether oxygens (including phenoxy) is 1. The van der Waals surface area contributed by atoms with Crippen molar-refractivity contribution in [2.75, 3.05) is 0 Å². The Morgan fingerprint density at radius 3 is 2.71 bits per heavy atom. The average Bonchev–Trinajstić information content (AvgIpc) is 2.88. The van der Waals surface area contributed by atoms with Gasteiger partial charge in [-0.05, 0) is 63.1 Å². The predicted octanol–water partition coefficient (Wildman–Crippen LogP) is 4.18. The molecule has 2 unspecified atom stereocenters. The highest BCUT2D eigenvalue weighted by Gasteiger charge is 2.48. The highest BCUT2D eigenvalue weighted by atomic mass is 16.5.